The number of benzene rings is 1. The lowest BCUT2D eigenvalue weighted by atomic mass is 10.0. The number of nitrogens with two attached hydrogens (primary N) is 1. The van der Waals surface area contributed by atoms with Gasteiger partial charge in [-0.3, -0.25) is 5.32 Å². The normalized spacial score (nSPS) is 16.4. The van der Waals surface area contributed by atoms with Gasteiger partial charge >= 0.3 is 6.03 Å². The number of carbonyl (C=O) groups excluding carboxylic acids is 1. The number of fused-ring (bicyclic) bond motifs is 1. The highest BCUT2D eigenvalue weighted by atomic mass is 19.3. The van der Waals surface area contributed by atoms with Gasteiger partial charge in [-0.15, -0.1) is 0 Å². The number of urea groups is 1. The second-order valence-corrected chi connectivity index (χ2v) is 10.4. The van der Waals surface area contributed by atoms with Crippen LogP contribution in [0, 0.1) is 0 Å². The summed E-state index contributed by atoms with van der Waals surface area (Å²) in [6.45, 7) is 0.826. The van der Waals surface area contributed by atoms with Crippen LogP contribution in [0.1, 0.15) is 49.4 Å². The first-order chi connectivity index (χ1) is 18.2. The molecule has 0 atom stereocenters. The van der Waals surface area contributed by atoms with Gasteiger partial charge in [0.05, 0.1) is 16.8 Å². The molecule has 12 heteroatoms. The van der Waals surface area contributed by atoms with Gasteiger partial charge in [-0.25, -0.2) is 23.5 Å². The second kappa shape index (κ2) is 9.05. The maximum Gasteiger partial charge on any atom is 0.326 e. The Morgan fingerprint density at radius 3 is 2.71 bits per heavy atom. The van der Waals surface area contributed by atoms with E-state index < -0.39 is 12.5 Å². The van der Waals surface area contributed by atoms with Gasteiger partial charge in [0.2, 0.25) is 5.88 Å². The molecule has 3 heterocycles. The number of hydrogen-bond acceptors (Lipinski definition) is 7. The highest BCUT2D eigenvalue weighted by Crippen LogP contribution is 2.48. The van der Waals surface area contributed by atoms with E-state index in [0.29, 0.717) is 28.2 Å². The van der Waals surface area contributed by atoms with E-state index in [-0.39, 0.29) is 28.4 Å². The number of likely N-dealkylation sites (N-methyl/N-ethyl adjacent to an activating group) is 1. The van der Waals surface area contributed by atoms with Gasteiger partial charge in [-0.05, 0) is 57.5 Å². The second-order valence-electron chi connectivity index (χ2n) is 10.4. The highest BCUT2D eigenvalue weighted by molar-refractivity contribution is 6.02. The maximum atomic E-state index is 14.1. The molecule has 2 amide bonds. The first kappa shape index (κ1) is 24.3. The number of amides is 2. The van der Waals surface area contributed by atoms with Gasteiger partial charge < -0.3 is 25.0 Å². The Balaban J connectivity index is 1.24. The molecule has 0 radical (unpaired) electrons. The molecule has 0 aliphatic heterocycles. The van der Waals surface area contributed by atoms with E-state index in [9.17, 15) is 13.6 Å². The third-order valence-corrected chi connectivity index (χ3v) is 7.19. The van der Waals surface area contributed by atoms with Crippen molar-refractivity contribution in [2.45, 2.75) is 43.6 Å². The van der Waals surface area contributed by atoms with Crippen LogP contribution < -0.4 is 16.4 Å². The Hall–Kier alpha value is -4.06. The minimum Gasteiger partial charge on any atom is -0.383 e. The van der Waals surface area contributed by atoms with Crippen molar-refractivity contribution in [2.75, 3.05) is 37.0 Å². The van der Waals surface area contributed by atoms with Crippen molar-refractivity contribution in [2.24, 2.45) is 0 Å². The standard InChI is InChI=1S/C26H28F2N8O2/c1-35(2)12-26(7-8-26)19-10-20(38-34-19)33-25(37)32-18-6-3-14(9-16(18)22(27)28)17-11-36(15-4-5-15)24-21(17)23(29)30-13-31-24/h3,6,9-11,13,15,22H,4-5,7-8,12H2,1-2H3,(H2,29,30,31)(H2,32,33,37). The van der Waals surface area contributed by atoms with Crippen LogP contribution in [0.25, 0.3) is 22.2 Å². The van der Waals surface area contributed by atoms with Crippen molar-refractivity contribution in [3.05, 3.63) is 48.0 Å². The number of nitrogen functional groups attached to an aromatic ring is 1. The molecule has 0 unspecified atom stereocenters. The zero-order chi connectivity index (χ0) is 26.6. The van der Waals surface area contributed by atoms with E-state index in [4.69, 9.17) is 10.3 Å². The number of aromatic nitrogens is 4. The minimum atomic E-state index is -2.83. The van der Waals surface area contributed by atoms with Crippen molar-refractivity contribution < 1.29 is 18.1 Å². The van der Waals surface area contributed by atoms with Gasteiger partial charge in [0.15, 0.2) is 0 Å². The lowest BCUT2D eigenvalue weighted by molar-refractivity contribution is 0.152. The van der Waals surface area contributed by atoms with E-state index in [2.05, 4.69) is 30.7 Å². The molecule has 0 saturated heterocycles. The van der Waals surface area contributed by atoms with E-state index in [1.165, 1.54) is 18.5 Å². The summed E-state index contributed by atoms with van der Waals surface area (Å²) in [5.74, 6) is 0.440. The summed E-state index contributed by atoms with van der Waals surface area (Å²) in [6, 6.07) is 5.79. The highest BCUT2D eigenvalue weighted by Gasteiger charge is 2.47. The fourth-order valence-corrected chi connectivity index (χ4v) is 5.08. The zero-order valence-corrected chi connectivity index (χ0v) is 21.0. The van der Waals surface area contributed by atoms with Crippen molar-refractivity contribution >= 4 is 34.5 Å². The van der Waals surface area contributed by atoms with Crippen LogP contribution in [-0.2, 0) is 5.41 Å². The maximum absolute atomic E-state index is 14.1. The van der Waals surface area contributed by atoms with Gasteiger partial charge in [-0.1, -0.05) is 11.2 Å². The monoisotopic (exact) mass is 522 g/mol. The Morgan fingerprint density at radius 2 is 2.03 bits per heavy atom. The Bertz CT molecular complexity index is 1520. The summed E-state index contributed by atoms with van der Waals surface area (Å²) >= 11 is 0. The van der Waals surface area contributed by atoms with E-state index in [1.54, 1.807) is 12.1 Å². The molecule has 6 rings (SSSR count). The zero-order valence-electron chi connectivity index (χ0n) is 21.0. The lowest BCUT2D eigenvalue weighted by Gasteiger charge is -2.17. The average molecular weight is 523 g/mol. The van der Waals surface area contributed by atoms with Crippen LogP contribution >= 0.6 is 0 Å². The fraction of sp³-hybridized carbons (Fsp3) is 0.385. The topological polar surface area (TPSA) is 127 Å². The first-order valence-electron chi connectivity index (χ1n) is 12.5. The molecule has 2 aliphatic rings. The lowest BCUT2D eigenvalue weighted by Crippen LogP contribution is -2.26. The number of alkyl halides is 2. The summed E-state index contributed by atoms with van der Waals surface area (Å²) in [5, 5.41) is 9.82. The van der Waals surface area contributed by atoms with E-state index >= 15 is 0 Å². The van der Waals surface area contributed by atoms with Crippen molar-refractivity contribution in [3.8, 4) is 11.1 Å². The van der Waals surface area contributed by atoms with Gasteiger partial charge in [-0.2, -0.15) is 0 Å². The van der Waals surface area contributed by atoms with Crippen LogP contribution in [0.5, 0.6) is 0 Å². The van der Waals surface area contributed by atoms with Crippen LogP contribution in [0.15, 0.2) is 41.3 Å². The molecule has 198 valence electrons. The molecule has 2 saturated carbocycles. The number of hydrogen-bond donors (Lipinski definition) is 3. The summed E-state index contributed by atoms with van der Waals surface area (Å²) in [7, 11) is 3.99. The average Bonchev–Trinajstić information content (AvgIpc) is 3.78. The number of anilines is 3. The molecule has 0 spiro atoms. The molecule has 4 N–H and O–H groups in total. The van der Waals surface area contributed by atoms with Crippen molar-refractivity contribution in [1.82, 2.24) is 24.6 Å². The number of rotatable bonds is 8. The fourth-order valence-electron chi connectivity index (χ4n) is 5.08. The summed E-state index contributed by atoms with van der Waals surface area (Å²) in [4.78, 5) is 23.2. The molecular formula is C26H28F2N8O2. The number of carbonyl (C=O) groups is 1. The molecule has 4 aromatic rings. The molecule has 2 fully saturated rings. The van der Waals surface area contributed by atoms with Crippen LogP contribution in [0.4, 0.5) is 31.0 Å². The first-order valence-corrected chi connectivity index (χ1v) is 12.5. The molecule has 2 aliphatic carbocycles. The molecule has 3 aromatic heterocycles. The van der Waals surface area contributed by atoms with Gasteiger partial charge in [0.25, 0.3) is 6.43 Å². The summed E-state index contributed by atoms with van der Waals surface area (Å²) < 4.78 is 35.6. The Kier molecular flexibility index (Phi) is 5.78. The van der Waals surface area contributed by atoms with Gasteiger partial charge in [0.1, 0.15) is 17.8 Å². The number of halogens is 2. The largest absolute Gasteiger partial charge is 0.383 e. The third-order valence-electron chi connectivity index (χ3n) is 7.19. The van der Waals surface area contributed by atoms with Crippen LogP contribution in [-0.4, -0.2) is 51.3 Å². The SMILES string of the molecule is CN(C)CC1(c2cc(NC(=O)Nc3ccc(-c4cn(C5CC5)c5ncnc(N)c45)cc3C(F)F)on2)CC1. The summed E-state index contributed by atoms with van der Waals surface area (Å²) in [6.07, 6.45) is 4.50. The Labute approximate surface area is 217 Å². The number of nitrogens with zero attached hydrogens (tertiary/aromatic N) is 5. The quantitative estimate of drug-likeness (QED) is 0.291. The molecule has 1 aromatic carbocycles. The third kappa shape index (κ3) is 4.44. The van der Waals surface area contributed by atoms with Crippen LogP contribution in [0.2, 0.25) is 0 Å². The van der Waals surface area contributed by atoms with Crippen LogP contribution in [0.3, 0.4) is 0 Å². The van der Waals surface area contributed by atoms with E-state index in [1.807, 2.05) is 24.9 Å². The molecule has 0 bridgehead atoms. The van der Waals surface area contributed by atoms with Crippen molar-refractivity contribution in [3.63, 3.8) is 0 Å². The molecular weight excluding hydrogens is 494 g/mol. The summed E-state index contributed by atoms with van der Waals surface area (Å²) in [5.41, 5.74) is 8.41. The minimum absolute atomic E-state index is 0.0117. The predicted molar refractivity (Wildman–Crippen MR) is 139 cm³/mol. The van der Waals surface area contributed by atoms with Crippen molar-refractivity contribution in [1.29, 1.82) is 0 Å². The number of nitrogens with one attached hydrogen (secondary N) is 2. The Morgan fingerprint density at radius 1 is 1.24 bits per heavy atom. The molecule has 10 nitrogen and oxygen atoms in total. The molecule has 38 heavy (non-hydrogen) atoms. The van der Waals surface area contributed by atoms with Gasteiger partial charge in [0, 0.05) is 41.4 Å². The smallest absolute Gasteiger partial charge is 0.326 e. The van der Waals surface area contributed by atoms with E-state index in [0.717, 1.165) is 37.9 Å². The predicted octanol–water partition coefficient (Wildman–Crippen LogP) is 5.18.